The van der Waals surface area contributed by atoms with Crippen LogP contribution in [-0.2, 0) is 11.3 Å². The second-order valence-electron chi connectivity index (χ2n) is 3.08. The molecule has 15 heavy (non-hydrogen) atoms. The van der Waals surface area contributed by atoms with Crippen LogP contribution in [0.15, 0.2) is 18.2 Å². The topological polar surface area (TPSA) is 20.3 Å². The third kappa shape index (κ3) is 3.26. The summed E-state index contributed by atoms with van der Waals surface area (Å²) in [6, 6.07) is 5.24. The molecule has 1 amide bonds. The molecule has 0 aliphatic carbocycles. The molecular weight excluding hydrogens is 256 g/mol. The summed E-state index contributed by atoms with van der Waals surface area (Å²) in [6.45, 7) is 0.365. The highest BCUT2D eigenvalue weighted by Gasteiger charge is 2.12. The van der Waals surface area contributed by atoms with Crippen LogP contribution in [0.25, 0.3) is 0 Å². The highest BCUT2D eigenvalue weighted by molar-refractivity contribution is 6.36. The lowest BCUT2D eigenvalue weighted by atomic mass is 10.2. The Labute approximate surface area is 104 Å². The van der Waals surface area contributed by atoms with Gasteiger partial charge in [-0.15, -0.1) is 11.6 Å². The number of carbonyl (C=O) groups is 1. The summed E-state index contributed by atoms with van der Waals surface area (Å²) >= 11 is 17.4. The molecule has 0 atom stereocenters. The summed E-state index contributed by atoms with van der Waals surface area (Å²) in [5.41, 5.74) is 0.738. The number of alkyl halides is 1. The number of carbonyl (C=O) groups excluding carboxylic acids is 1. The van der Waals surface area contributed by atoms with Crippen LogP contribution < -0.4 is 0 Å². The molecule has 1 aromatic carbocycles. The van der Waals surface area contributed by atoms with Gasteiger partial charge in [-0.25, -0.2) is 0 Å². The van der Waals surface area contributed by atoms with Crippen LogP contribution in [0.5, 0.6) is 0 Å². The second kappa shape index (κ2) is 5.59. The van der Waals surface area contributed by atoms with Gasteiger partial charge in [0.05, 0.1) is 0 Å². The molecule has 0 heterocycles. The SMILES string of the molecule is CN(Cc1c(Cl)cccc1Cl)C(=O)CCl. The van der Waals surface area contributed by atoms with Crippen LogP contribution in [0.3, 0.4) is 0 Å². The minimum atomic E-state index is -0.160. The van der Waals surface area contributed by atoms with Crippen molar-refractivity contribution >= 4 is 40.7 Å². The summed E-state index contributed by atoms with van der Waals surface area (Å²) in [4.78, 5) is 12.7. The van der Waals surface area contributed by atoms with E-state index in [4.69, 9.17) is 34.8 Å². The largest absolute Gasteiger partial charge is 0.340 e. The minimum absolute atomic E-state index is 0.0431. The van der Waals surface area contributed by atoms with E-state index in [0.29, 0.717) is 16.6 Å². The lowest BCUT2D eigenvalue weighted by Gasteiger charge is -2.17. The molecule has 82 valence electrons. The van der Waals surface area contributed by atoms with Crippen molar-refractivity contribution in [2.45, 2.75) is 6.54 Å². The number of hydrogen-bond donors (Lipinski definition) is 0. The van der Waals surface area contributed by atoms with Crippen LogP contribution in [0.2, 0.25) is 10.0 Å². The molecule has 2 nitrogen and oxygen atoms in total. The van der Waals surface area contributed by atoms with E-state index in [0.717, 1.165) is 5.56 Å². The van der Waals surface area contributed by atoms with Crippen LogP contribution in [0.1, 0.15) is 5.56 Å². The van der Waals surface area contributed by atoms with Gasteiger partial charge in [-0.3, -0.25) is 4.79 Å². The van der Waals surface area contributed by atoms with Crippen molar-refractivity contribution in [1.29, 1.82) is 0 Å². The van der Waals surface area contributed by atoms with Crippen molar-refractivity contribution in [2.24, 2.45) is 0 Å². The fourth-order valence-electron chi connectivity index (χ4n) is 1.11. The van der Waals surface area contributed by atoms with Gasteiger partial charge in [0.15, 0.2) is 0 Å². The minimum Gasteiger partial charge on any atom is -0.340 e. The van der Waals surface area contributed by atoms with E-state index in [1.807, 2.05) is 0 Å². The van der Waals surface area contributed by atoms with Crippen molar-refractivity contribution in [3.63, 3.8) is 0 Å². The van der Waals surface area contributed by atoms with Crippen LogP contribution in [0.4, 0.5) is 0 Å². The zero-order valence-corrected chi connectivity index (χ0v) is 10.4. The zero-order valence-electron chi connectivity index (χ0n) is 8.14. The number of halogens is 3. The molecular formula is C10H10Cl3NO. The van der Waals surface area contributed by atoms with Gasteiger partial charge < -0.3 is 4.90 Å². The van der Waals surface area contributed by atoms with Crippen molar-refractivity contribution in [3.05, 3.63) is 33.8 Å². The third-order valence-electron chi connectivity index (χ3n) is 2.00. The molecule has 0 aromatic heterocycles. The summed E-state index contributed by atoms with van der Waals surface area (Å²) in [6.07, 6.45) is 0. The Balaban J connectivity index is 2.85. The smallest absolute Gasteiger partial charge is 0.237 e. The van der Waals surface area contributed by atoms with Crippen LogP contribution in [0, 0.1) is 0 Å². The van der Waals surface area contributed by atoms with Gasteiger partial charge >= 0.3 is 0 Å². The molecule has 0 saturated carbocycles. The first-order valence-electron chi connectivity index (χ1n) is 4.29. The molecule has 0 bridgehead atoms. The summed E-state index contributed by atoms with van der Waals surface area (Å²) < 4.78 is 0. The fourth-order valence-corrected chi connectivity index (χ4v) is 1.83. The maximum absolute atomic E-state index is 11.2. The normalized spacial score (nSPS) is 10.1. The molecule has 0 unspecified atom stereocenters. The van der Waals surface area contributed by atoms with Crippen LogP contribution in [-0.4, -0.2) is 23.7 Å². The summed E-state index contributed by atoms with van der Waals surface area (Å²) in [7, 11) is 1.66. The molecule has 0 aliphatic heterocycles. The second-order valence-corrected chi connectivity index (χ2v) is 4.17. The van der Waals surface area contributed by atoms with E-state index in [1.165, 1.54) is 4.90 Å². The standard InChI is InChI=1S/C10H10Cl3NO/c1-14(10(15)5-11)6-7-8(12)3-2-4-9(7)13/h2-4H,5-6H2,1H3. The molecule has 0 spiro atoms. The van der Waals surface area contributed by atoms with Gasteiger partial charge in [0, 0.05) is 29.2 Å². The van der Waals surface area contributed by atoms with E-state index >= 15 is 0 Å². The number of hydrogen-bond acceptors (Lipinski definition) is 1. The average Bonchev–Trinajstić information content (AvgIpc) is 2.22. The first-order chi connectivity index (χ1) is 7.06. The molecule has 1 aromatic rings. The third-order valence-corrected chi connectivity index (χ3v) is 2.93. The fraction of sp³-hybridized carbons (Fsp3) is 0.300. The van der Waals surface area contributed by atoms with Crippen molar-refractivity contribution in [3.8, 4) is 0 Å². The molecule has 0 radical (unpaired) electrons. The highest BCUT2D eigenvalue weighted by atomic mass is 35.5. The van der Waals surface area contributed by atoms with Crippen LogP contribution >= 0.6 is 34.8 Å². The van der Waals surface area contributed by atoms with E-state index in [2.05, 4.69) is 0 Å². The van der Waals surface area contributed by atoms with Gasteiger partial charge in [0.2, 0.25) is 5.91 Å². The van der Waals surface area contributed by atoms with Gasteiger partial charge in [0.1, 0.15) is 5.88 Å². The Bertz CT molecular complexity index is 347. The molecule has 5 heteroatoms. The highest BCUT2D eigenvalue weighted by Crippen LogP contribution is 2.25. The predicted octanol–water partition coefficient (Wildman–Crippen LogP) is 3.19. The monoisotopic (exact) mass is 265 g/mol. The maximum atomic E-state index is 11.2. The molecule has 0 N–H and O–H groups in total. The lowest BCUT2D eigenvalue weighted by molar-refractivity contribution is -0.127. The predicted molar refractivity (Wildman–Crippen MR) is 63.7 cm³/mol. The van der Waals surface area contributed by atoms with Gasteiger partial charge in [-0.1, -0.05) is 29.3 Å². The number of amides is 1. The average molecular weight is 267 g/mol. The number of benzene rings is 1. The number of rotatable bonds is 3. The summed E-state index contributed by atoms with van der Waals surface area (Å²) in [5.74, 6) is -0.203. The first kappa shape index (κ1) is 12.6. The van der Waals surface area contributed by atoms with E-state index < -0.39 is 0 Å². The number of nitrogens with zero attached hydrogens (tertiary/aromatic N) is 1. The summed E-state index contributed by atoms with van der Waals surface area (Å²) in [5, 5.41) is 1.11. The van der Waals surface area contributed by atoms with E-state index in [-0.39, 0.29) is 11.8 Å². The molecule has 1 rings (SSSR count). The Morgan fingerprint density at radius 3 is 2.33 bits per heavy atom. The van der Waals surface area contributed by atoms with E-state index in [1.54, 1.807) is 25.2 Å². The lowest BCUT2D eigenvalue weighted by Crippen LogP contribution is -2.27. The molecule has 0 fully saturated rings. The van der Waals surface area contributed by atoms with Crippen molar-refractivity contribution in [1.82, 2.24) is 4.90 Å². The zero-order chi connectivity index (χ0) is 11.4. The Kier molecular flexibility index (Phi) is 4.71. The van der Waals surface area contributed by atoms with Gasteiger partial charge in [-0.2, -0.15) is 0 Å². The van der Waals surface area contributed by atoms with Gasteiger partial charge in [-0.05, 0) is 12.1 Å². The maximum Gasteiger partial charge on any atom is 0.237 e. The van der Waals surface area contributed by atoms with E-state index in [9.17, 15) is 4.79 Å². The van der Waals surface area contributed by atoms with Crippen molar-refractivity contribution < 1.29 is 4.79 Å². The quantitative estimate of drug-likeness (QED) is 0.770. The van der Waals surface area contributed by atoms with Crippen molar-refractivity contribution in [2.75, 3.05) is 12.9 Å². The van der Waals surface area contributed by atoms with Gasteiger partial charge in [0.25, 0.3) is 0 Å². The Morgan fingerprint density at radius 1 is 1.33 bits per heavy atom. The Morgan fingerprint density at radius 2 is 1.87 bits per heavy atom. The molecule has 0 aliphatic rings. The Hall–Kier alpha value is -0.440. The first-order valence-corrected chi connectivity index (χ1v) is 5.58. The molecule has 0 saturated heterocycles.